The highest BCUT2D eigenvalue weighted by Gasteiger charge is 2.33. The van der Waals surface area contributed by atoms with Gasteiger partial charge in [-0.3, -0.25) is 4.79 Å². The minimum absolute atomic E-state index is 0.146. The van der Waals surface area contributed by atoms with E-state index < -0.39 is 0 Å². The lowest BCUT2D eigenvalue weighted by Crippen LogP contribution is -2.50. The van der Waals surface area contributed by atoms with Crippen LogP contribution in [0.15, 0.2) is 34.6 Å². The van der Waals surface area contributed by atoms with Crippen molar-refractivity contribution >= 4 is 5.91 Å². The van der Waals surface area contributed by atoms with E-state index in [0.29, 0.717) is 23.7 Å². The molecule has 0 aromatic rings. The number of allylic oxidation sites excluding steroid dienone is 3. The fraction of sp³-hybridized carbons (Fsp3) is 0.682. The molecule has 3 aliphatic rings. The van der Waals surface area contributed by atoms with Gasteiger partial charge in [0.15, 0.2) is 11.5 Å². The summed E-state index contributed by atoms with van der Waals surface area (Å²) >= 11 is 0. The molecule has 0 saturated carbocycles. The minimum Gasteiger partial charge on any atom is -0.497 e. The lowest BCUT2D eigenvalue weighted by Gasteiger charge is -2.40. The molecule has 1 fully saturated rings. The van der Waals surface area contributed by atoms with E-state index in [9.17, 15) is 4.79 Å². The Bertz CT molecular complexity index is 672. The van der Waals surface area contributed by atoms with Crippen LogP contribution in [0, 0.1) is 5.92 Å². The number of hydrogen-bond donors (Lipinski definition) is 0. The van der Waals surface area contributed by atoms with Gasteiger partial charge in [0.1, 0.15) is 5.76 Å². The van der Waals surface area contributed by atoms with Crippen LogP contribution < -0.4 is 0 Å². The van der Waals surface area contributed by atoms with Gasteiger partial charge < -0.3 is 24.0 Å². The maximum absolute atomic E-state index is 13.2. The number of carbonyl (C=O) groups excluding carboxylic acids is 1. The predicted octanol–water partition coefficient (Wildman–Crippen LogP) is 3.42. The van der Waals surface area contributed by atoms with Crippen molar-refractivity contribution in [1.82, 2.24) is 9.80 Å². The van der Waals surface area contributed by atoms with Gasteiger partial charge in [0.2, 0.25) is 5.91 Å². The van der Waals surface area contributed by atoms with Gasteiger partial charge in [-0.25, -0.2) is 0 Å². The normalized spacial score (nSPS) is 23.6. The second-order valence-corrected chi connectivity index (χ2v) is 7.63. The molecule has 156 valence electrons. The first-order chi connectivity index (χ1) is 13.6. The zero-order valence-corrected chi connectivity index (χ0v) is 17.8. The average Bonchev–Trinajstić information content (AvgIpc) is 2.77. The number of piperazine rings is 1. The van der Waals surface area contributed by atoms with Crippen LogP contribution in [0.3, 0.4) is 0 Å². The van der Waals surface area contributed by atoms with Crippen LogP contribution in [-0.4, -0.2) is 63.2 Å². The van der Waals surface area contributed by atoms with Crippen LogP contribution >= 0.6 is 0 Å². The first-order valence-electron chi connectivity index (χ1n) is 10.4. The van der Waals surface area contributed by atoms with E-state index >= 15 is 0 Å². The van der Waals surface area contributed by atoms with Crippen molar-refractivity contribution in [3.05, 3.63) is 34.6 Å². The van der Waals surface area contributed by atoms with Crippen LogP contribution in [0.1, 0.15) is 45.4 Å². The van der Waals surface area contributed by atoms with Crippen molar-refractivity contribution in [3.63, 3.8) is 0 Å². The molecule has 1 amide bonds. The van der Waals surface area contributed by atoms with Gasteiger partial charge >= 0.3 is 0 Å². The molecule has 2 aliphatic carbocycles. The van der Waals surface area contributed by atoms with Crippen LogP contribution in [0.25, 0.3) is 0 Å². The highest BCUT2D eigenvalue weighted by molar-refractivity contribution is 5.81. The molecule has 0 aromatic carbocycles. The van der Waals surface area contributed by atoms with Gasteiger partial charge in [-0.05, 0) is 38.2 Å². The minimum atomic E-state index is -0.268. The maximum Gasteiger partial charge on any atom is 0.230 e. The van der Waals surface area contributed by atoms with Crippen molar-refractivity contribution in [2.45, 2.75) is 45.4 Å². The zero-order valence-electron chi connectivity index (χ0n) is 17.8. The second-order valence-electron chi connectivity index (χ2n) is 7.63. The summed E-state index contributed by atoms with van der Waals surface area (Å²) in [6.45, 7) is 5.66. The molecule has 0 radical (unpaired) electrons. The Balaban J connectivity index is 1.65. The SMILES string of the molecule is CCC1=C(N2CCN(C(=O)C3C=C(OC)C(OC)=C(OC)C3)CC2)CCCC1. The molecule has 0 spiro atoms. The molecule has 1 unspecified atom stereocenters. The van der Waals surface area contributed by atoms with Gasteiger partial charge in [-0.1, -0.05) is 12.5 Å². The summed E-state index contributed by atoms with van der Waals surface area (Å²) in [5, 5.41) is 0. The zero-order chi connectivity index (χ0) is 20.1. The smallest absolute Gasteiger partial charge is 0.230 e. The van der Waals surface area contributed by atoms with Crippen LogP contribution in [0.2, 0.25) is 0 Å². The van der Waals surface area contributed by atoms with Crippen molar-refractivity contribution < 1.29 is 19.0 Å². The second kappa shape index (κ2) is 9.39. The van der Waals surface area contributed by atoms with Crippen LogP contribution in [0.5, 0.6) is 0 Å². The molecular weight excluding hydrogens is 356 g/mol. The van der Waals surface area contributed by atoms with E-state index in [1.165, 1.54) is 25.7 Å². The molecule has 28 heavy (non-hydrogen) atoms. The van der Waals surface area contributed by atoms with Crippen molar-refractivity contribution in [3.8, 4) is 0 Å². The average molecular weight is 391 g/mol. The first kappa shape index (κ1) is 20.6. The molecule has 6 heteroatoms. The summed E-state index contributed by atoms with van der Waals surface area (Å²) in [7, 11) is 4.79. The Morgan fingerprint density at radius 3 is 2.36 bits per heavy atom. The third-order valence-corrected chi connectivity index (χ3v) is 6.17. The molecule has 1 heterocycles. The number of rotatable bonds is 6. The molecule has 6 nitrogen and oxygen atoms in total. The van der Waals surface area contributed by atoms with Crippen molar-refractivity contribution in [1.29, 1.82) is 0 Å². The van der Waals surface area contributed by atoms with Gasteiger partial charge in [-0.2, -0.15) is 0 Å². The predicted molar refractivity (Wildman–Crippen MR) is 108 cm³/mol. The van der Waals surface area contributed by atoms with E-state index in [1.54, 1.807) is 32.6 Å². The maximum atomic E-state index is 13.2. The number of nitrogens with zero attached hydrogens (tertiary/aromatic N) is 2. The molecule has 1 atom stereocenters. The number of amides is 1. The van der Waals surface area contributed by atoms with Crippen LogP contribution in [0.4, 0.5) is 0 Å². The number of hydrogen-bond acceptors (Lipinski definition) is 5. The largest absolute Gasteiger partial charge is 0.497 e. The molecule has 0 aromatic heterocycles. The lowest BCUT2D eigenvalue weighted by molar-refractivity contribution is -0.136. The van der Waals surface area contributed by atoms with E-state index in [2.05, 4.69) is 11.8 Å². The van der Waals surface area contributed by atoms with Gasteiger partial charge in [0.25, 0.3) is 0 Å². The summed E-state index contributed by atoms with van der Waals surface area (Å²) in [6, 6.07) is 0. The quantitative estimate of drug-likeness (QED) is 0.696. The van der Waals surface area contributed by atoms with Gasteiger partial charge in [0, 0.05) is 38.3 Å². The topological polar surface area (TPSA) is 51.2 Å². The Morgan fingerprint density at radius 2 is 1.75 bits per heavy atom. The molecule has 0 bridgehead atoms. The van der Waals surface area contributed by atoms with Gasteiger partial charge in [0.05, 0.1) is 27.2 Å². The lowest BCUT2D eigenvalue weighted by atomic mass is 9.93. The summed E-state index contributed by atoms with van der Waals surface area (Å²) in [6.07, 6.45) is 8.58. The van der Waals surface area contributed by atoms with E-state index in [4.69, 9.17) is 14.2 Å². The van der Waals surface area contributed by atoms with Gasteiger partial charge in [-0.15, -0.1) is 0 Å². The third-order valence-electron chi connectivity index (χ3n) is 6.17. The number of methoxy groups -OCH3 is 3. The standard InChI is InChI=1S/C22H34N2O4/c1-5-16-8-6-7-9-18(16)23-10-12-24(13-11-23)22(25)17-14-19(26-2)21(28-4)20(15-17)27-3/h14,17H,5-13,15H2,1-4H3. The molecule has 3 rings (SSSR count). The Hall–Kier alpha value is -2.11. The first-order valence-corrected chi connectivity index (χ1v) is 10.4. The van der Waals surface area contributed by atoms with E-state index in [1.807, 2.05) is 11.0 Å². The Labute approximate surface area is 168 Å². The molecule has 1 aliphatic heterocycles. The summed E-state index contributed by atoms with van der Waals surface area (Å²) in [5.74, 6) is 1.69. The van der Waals surface area contributed by atoms with Crippen molar-refractivity contribution in [2.75, 3.05) is 47.5 Å². The van der Waals surface area contributed by atoms with E-state index in [-0.39, 0.29) is 11.8 Å². The number of ether oxygens (including phenoxy) is 3. The fourth-order valence-corrected chi connectivity index (χ4v) is 4.60. The summed E-state index contributed by atoms with van der Waals surface area (Å²) in [5.41, 5.74) is 3.17. The molecular formula is C22H34N2O4. The van der Waals surface area contributed by atoms with E-state index in [0.717, 1.165) is 32.6 Å². The third kappa shape index (κ3) is 4.15. The fourth-order valence-electron chi connectivity index (χ4n) is 4.60. The van der Waals surface area contributed by atoms with Crippen LogP contribution in [-0.2, 0) is 19.0 Å². The highest BCUT2D eigenvalue weighted by Crippen LogP contribution is 2.33. The highest BCUT2D eigenvalue weighted by atomic mass is 16.5. The molecule has 0 N–H and O–H groups in total. The number of carbonyl (C=O) groups is 1. The summed E-state index contributed by atoms with van der Waals surface area (Å²) < 4.78 is 16.3. The molecule has 1 saturated heterocycles. The Kier molecular flexibility index (Phi) is 6.92. The Morgan fingerprint density at radius 1 is 1.04 bits per heavy atom. The monoisotopic (exact) mass is 390 g/mol. The van der Waals surface area contributed by atoms with Crippen molar-refractivity contribution in [2.24, 2.45) is 5.92 Å². The summed E-state index contributed by atoms with van der Waals surface area (Å²) in [4.78, 5) is 17.7.